The summed E-state index contributed by atoms with van der Waals surface area (Å²) in [7, 11) is 0. The van der Waals surface area contributed by atoms with Gasteiger partial charge in [-0.15, -0.1) is 0 Å². The van der Waals surface area contributed by atoms with Gasteiger partial charge >= 0.3 is 5.97 Å². The molecule has 0 atom stereocenters. The Labute approximate surface area is 148 Å². The number of aryl methyl sites for hydroxylation is 2. The third-order valence-corrected chi connectivity index (χ3v) is 4.12. The zero-order chi connectivity index (χ0) is 18.1. The Morgan fingerprint density at radius 1 is 1.24 bits per heavy atom. The van der Waals surface area contributed by atoms with Gasteiger partial charge in [0.2, 0.25) is 5.91 Å². The molecule has 0 bridgehead atoms. The zero-order valence-electron chi connectivity index (χ0n) is 13.6. The quantitative estimate of drug-likeness (QED) is 0.736. The van der Waals surface area contributed by atoms with E-state index >= 15 is 0 Å². The van der Waals surface area contributed by atoms with Crippen LogP contribution in [0.5, 0.6) is 0 Å². The van der Waals surface area contributed by atoms with E-state index in [1.165, 1.54) is 12.1 Å². The van der Waals surface area contributed by atoms with E-state index in [0.29, 0.717) is 17.0 Å². The molecule has 2 N–H and O–H groups in total. The van der Waals surface area contributed by atoms with Crippen LogP contribution >= 0.6 is 11.6 Å². The normalized spacial score (nSPS) is 10.8. The highest BCUT2D eigenvalue weighted by molar-refractivity contribution is 6.33. The summed E-state index contributed by atoms with van der Waals surface area (Å²) in [5.41, 5.74) is 3.50. The molecular weight excluding hydrogens is 344 g/mol. The van der Waals surface area contributed by atoms with Crippen LogP contribution in [-0.2, 0) is 11.2 Å². The first-order valence-corrected chi connectivity index (χ1v) is 7.91. The molecular formula is C18H15ClN2O4. The summed E-state index contributed by atoms with van der Waals surface area (Å²) in [4.78, 5) is 23.4. The molecule has 0 aliphatic rings. The number of nitrogens with zero attached hydrogens (tertiary/aromatic N) is 1. The summed E-state index contributed by atoms with van der Waals surface area (Å²) < 4.78 is 5.30. The summed E-state index contributed by atoms with van der Waals surface area (Å²) in [5.74, 6) is -1.48. The lowest BCUT2D eigenvalue weighted by Crippen LogP contribution is -2.15. The molecule has 3 aromatic rings. The van der Waals surface area contributed by atoms with Gasteiger partial charge < -0.3 is 14.9 Å². The molecule has 0 saturated heterocycles. The van der Waals surface area contributed by atoms with Crippen molar-refractivity contribution in [1.82, 2.24) is 5.16 Å². The van der Waals surface area contributed by atoms with Crippen LogP contribution in [0.4, 0.5) is 5.69 Å². The van der Waals surface area contributed by atoms with Gasteiger partial charge in [0.1, 0.15) is 5.69 Å². The van der Waals surface area contributed by atoms with E-state index in [9.17, 15) is 9.59 Å². The maximum atomic E-state index is 12.3. The fraction of sp³-hybridized carbons (Fsp3) is 0.167. The molecule has 7 heteroatoms. The van der Waals surface area contributed by atoms with Gasteiger partial charge in [-0.1, -0.05) is 22.8 Å². The highest BCUT2D eigenvalue weighted by Gasteiger charge is 2.16. The Hall–Kier alpha value is -2.86. The van der Waals surface area contributed by atoms with Crippen LogP contribution < -0.4 is 5.32 Å². The standard InChI is InChI=1S/C18H15ClN2O4/c1-9-5-10(2)17-14(21-25-15(17)6-9)8-16(22)20-11-3-4-13(19)12(7-11)18(23)24/h3-7H,8H2,1-2H3,(H,20,22)(H,23,24). The van der Waals surface area contributed by atoms with E-state index in [1.807, 2.05) is 26.0 Å². The second-order valence-electron chi connectivity index (χ2n) is 5.81. The summed E-state index contributed by atoms with van der Waals surface area (Å²) in [6.07, 6.45) is 0.0158. The lowest BCUT2D eigenvalue weighted by Gasteiger charge is -2.07. The lowest BCUT2D eigenvalue weighted by atomic mass is 10.0. The van der Waals surface area contributed by atoms with Gasteiger partial charge in [0.15, 0.2) is 5.58 Å². The van der Waals surface area contributed by atoms with Crippen LogP contribution in [0.2, 0.25) is 5.02 Å². The molecule has 1 aromatic heterocycles. The van der Waals surface area contributed by atoms with Crippen LogP contribution in [0.15, 0.2) is 34.9 Å². The largest absolute Gasteiger partial charge is 0.478 e. The molecule has 1 heterocycles. The third-order valence-electron chi connectivity index (χ3n) is 3.79. The number of carboxylic acid groups (broad SMARTS) is 1. The Bertz CT molecular complexity index is 994. The van der Waals surface area contributed by atoms with Crippen LogP contribution in [0.3, 0.4) is 0 Å². The minimum Gasteiger partial charge on any atom is -0.478 e. The molecule has 128 valence electrons. The maximum Gasteiger partial charge on any atom is 0.337 e. The van der Waals surface area contributed by atoms with E-state index in [4.69, 9.17) is 21.2 Å². The molecule has 0 spiro atoms. The van der Waals surface area contributed by atoms with Gasteiger partial charge in [-0.3, -0.25) is 4.79 Å². The Morgan fingerprint density at radius 3 is 2.72 bits per heavy atom. The summed E-state index contributed by atoms with van der Waals surface area (Å²) >= 11 is 5.82. The Kier molecular flexibility index (Phi) is 4.46. The van der Waals surface area contributed by atoms with Crippen molar-refractivity contribution < 1.29 is 19.2 Å². The number of amides is 1. The molecule has 0 aliphatic heterocycles. The second kappa shape index (κ2) is 6.57. The second-order valence-corrected chi connectivity index (χ2v) is 6.22. The number of hydrogen-bond donors (Lipinski definition) is 2. The van der Waals surface area contributed by atoms with Crippen LogP contribution in [0.25, 0.3) is 11.0 Å². The molecule has 0 fully saturated rings. The number of rotatable bonds is 4. The van der Waals surface area contributed by atoms with Gasteiger partial charge in [0.05, 0.1) is 17.0 Å². The van der Waals surface area contributed by atoms with E-state index < -0.39 is 5.97 Å². The van der Waals surface area contributed by atoms with Crippen molar-refractivity contribution in [1.29, 1.82) is 0 Å². The highest BCUT2D eigenvalue weighted by Crippen LogP contribution is 2.25. The van der Waals surface area contributed by atoms with E-state index in [2.05, 4.69) is 10.5 Å². The zero-order valence-corrected chi connectivity index (χ0v) is 14.3. The van der Waals surface area contributed by atoms with Crippen molar-refractivity contribution >= 4 is 40.1 Å². The summed E-state index contributed by atoms with van der Waals surface area (Å²) in [6.45, 7) is 3.90. The number of aromatic carboxylic acids is 1. The average molecular weight is 359 g/mol. The van der Waals surface area contributed by atoms with Gasteiger partial charge in [-0.05, 0) is 49.2 Å². The average Bonchev–Trinajstić information content (AvgIpc) is 2.91. The minimum atomic E-state index is -1.16. The number of halogens is 1. The van der Waals surface area contributed by atoms with Crippen molar-refractivity contribution in [3.63, 3.8) is 0 Å². The summed E-state index contributed by atoms with van der Waals surface area (Å²) in [5, 5.41) is 16.7. The number of carboxylic acids is 1. The van der Waals surface area contributed by atoms with E-state index in [-0.39, 0.29) is 22.9 Å². The van der Waals surface area contributed by atoms with Crippen molar-refractivity contribution in [2.75, 3.05) is 5.32 Å². The number of carbonyl (C=O) groups excluding carboxylic acids is 1. The first-order chi connectivity index (χ1) is 11.8. The SMILES string of the molecule is Cc1cc(C)c2c(CC(=O)Nc3ccc(Cl)c(C(=O)O)c3)noc2c1. The van der Waals surface area contributed by atoms with Crippen molar-refractivity contribution in [3.8, 4) is 0 Å². The number of fused-ring (bicyclic) bond motifs is 1. The van der Waals surface area contributed by atoms with Gasteiger partial charge in [0, 0.05) is 11.1 Å². The molecule has 2 aromatic carbocycles. The van der Waals surface area contributed by atoms with Gasteiger partial charge in [-0.2, -0.15) is 0 Å². The van der Waals surface area contributed by atoms with Crippen molar-refractivity contribution in [2.24, 2.45) is 0 Å². The molecule has 3 rings (SSSR count). The Morgan fingerprint density at radius 2 is 2.00 bits per heavy atom. The molecule has 1 amide bonds. The number of benzene rings is 2. The number of hydrogen-bond acceptors (Lipinski definition) is 4. The third kappa shape index (κ3) is 3.49. The number of carbonyl (C=O) groups is 2. The number of aromatic nitrogens is 1. The van der Waals surface area contributed by atoms with Crippen LogP contribution in [-0.4, -0.2) is 22.1 Å². The minimum absolute atomic E-state index is 0.0158. The maximum absolute atomic E-state index is 12.3. The lowest BCUT2D eigenvalue weighted by molar-refractivity contribution is -0.115. The first-order valence-electron chi connectivity index (χ1n) is 7.53. The smallest absolute Gasteiger partial charge is 0.337 e. The fourth-order valence-corrected chi connectivity index (χ4v) is 2.96. The monoisotopic (exact) mass is 358 g/mol. The van der Waals surface area contributed by atoms with Crippen LogP contribution in [0.1, 0.15) is 27.2 Å². The number of anilines is 1. The van der Waals surface area contributed by atoms with E-state index in [0.717, 1.165) is 16.5 Å². The van der Waals surface area contributed by atoms with E-state index in [1.54, 1.807) is 6.07 Å². The predicted molar refractivity (Wildman–Crippen MR) is 94.2 cm³/mol. The summed E-state index contributed by atoms with van der Waals surface area (Å²) in [6, 6.07) is 8.16. The molecule has 0 aliphatic carbocycles. The molecule has 0 unspecified atom stereocenters. The highest BCUT2D eigenvalue weighted by atomic mass is 35.5. The predicted octanol–water partition coefficient (Wildman–Crippen LogP) is 3.98. The van der Waals surface area contributed by atoms with Crippen LogP contribution in [0, 0.1) is 13.8 Å². The van der Waals surface area contributed by atoms with Gasteiger partial charge in [-0.25, -0.2) is 4.79 Å². The molecule has 0 radical (unpaired) electrons. The van der Waals surface area contributed by atoms with Crippen molar-refractivity contribution in [2.45, 2.75) is 20.3 Å². The fourth-order valence-electron chi connectivity index (χ4n) is 2.77. The molecule has 0 saturated carbocycles. The molecule has 25 heavy (non-hydrogen) atoms. The topological polar surface area (TPSA) is 92.4 Å². The first kappa shape index (κ1) is 17.0. The number of nitrogens with one attached hydrogen (secondary N) is 1. The Balaban J connectivity index is 1.82. The van der Waals surface area contributed by atoms with Gasteiger partial charge in [0.25, 0.3) is 0 Å². The van der Waals surface area contributed by atoms with Crippen molar-refractivity contribution in [3.05, 3.63) is 57.7 Å². The molecule has 6 nitrogen and oxygen atoms in total.